The number of anilines is 2. The maximum Gasteiger partial charge on any atom is 0.351 e. The molecule has 2 aromatic rings. The zero-order valence-electron chi connectivity index (χ0n) is 14.6. The molecule has 1 unspecified atom stereocenters. The Morgan fingerprint density at radius 1 is 0.964 bits per heavy atom. The molecule has 0 saturated heterocycles. The number of carboxylic acids is 2. The summed E-state index contributed by atoms with van der Waals surface area (Å²) in [5, 5.41) is 21.8. The second-order valence-electron chi connectivity index (χ2n) is 6.30. The number of carboxylic acid groups (broad SMARTS) is 2. The largest absolute Gasteiger partial charge is 0.481 e. The minimum atomic E-state index is -2.29. The Labute approximate surface area is 159 Å². The predicted octanol–water partition coefficient (Wildman–Crippen LogP) is 1.62. The molecule has 3 rings (SSSR count). The molecule has 5 N–H and O–H groups in total. The van der Waals surface area contributed by atoms with Gasteiger partial charge in [0.2, 0.25) is 5.66 Å². The molecule has 0 spiro atoms. The molecule has 0 radical (unpaired) electrons. The van der Waals surface area contributed by atoms with Crippen LogP contribution in [0.4, 0.5) is 11.4 Å². The average Bonchev–Trinajstić information content (AvgIpc) is 2.92. The number of nitrogens with zero attached hydrogens (tertiary/aromatic N) is 1. The van der Waals surface area contributed by atoms with Crippen molar-refractivity contribution >= 4 is 35.1 Å². The molecule has 9 heteroatoms. The molecular formula is C19H17N3O6. The first kappa shape index (κ1) is 18.9. The van der Waals surface area contributed by atoms with E-state index >= 15 is 0 Å². The maximum atomic E-state index is 12.9. The monoisotopic (exact) mass is 383 g/mol. The Morgan fingerprint density at radius 3 is 1.96 bits per heavy atom. The van der Waals surface area contributed by atoms with Crippen molar-refractivity contribution in [2.75, 3.05) is 11.1 Å². The van der Waals surface area contributed by atoms with E-state index in [1.807, 2.05) is 0 Å². The highest BCUT2D eigenvalue weighted by atomic mass is 16.4. The van der Waals surface area contributed by atoms with Crippen LogP contribution in [0.3, 0.4) is 0 Å². The smallest absolute Gasteiger partial charge is 0.351 e. The third-order valence-electron chi connectivity index (χ3n) is 4.49. The predicted molar refractivity (Wildman–Crippen MR) is 98.7 cm³/mol. The van der Waals surface area contributed by atoms with Crippen LogP contribution < -0.4 is 11.1 Å². The number of nitrogens with one attached hydrogen (secondary N) is 1. The lowest BCUT2D eigenvalue weighted by Gasteiger charge is -2.37. The molecule has 144 valence electrons. The Bertz CT molecular complexity index is 937. The normalized spacial score (nSPS) is 15.1. The van der Waals surface area contributed by atoms with E-state index in [9.17, 15) is 24.3 Å². The third kappa shape index (κ3) is 3.13. The van der Waals surface area contributed by atoms with Crippen LogP contribution in [0.25, 0.3) is 0 Å². The number of rotatable bonds is 7. The van der Waals surface area contributed by atoms with Crippen molar-refractivity contribution in [1.82, 2.24) is 4.90 Å². The standard InChI is InChI=1S/C19H17N3O6/c20-11-5-7-12(8-6-11)21-19(18(27)28,10-9-15(23)24)22-16(25)13-3-1-2-4-14(13)17(22)26/h1-8,21H,9-10,20H2,(H,23,24)(H,27,28). The molecule has 28 heavy (non-hydrogen) atoms. The molecule has 9 nitrogen and oxygen atoms in total. The van der Waals surface area contributed by atoms with Gasteiger partial charge in [-0.25, -0.2) is 9.69 Å². The quantitative estimate of drug-likeness (QED) is 0.416. The van der Waals surface area contributed by atoms with Gasteiger partial charge in [-0.1, -0.05) is 12.1 Å². The fraction of sp³-hybridized carbons (Fsp3) is 0.158. The number of hydrogen-bond acceptors (Lipinski definition) is 6. The molecule has 0 aliphatic carbocycles. The van der Waals surface area contributed by atoms with E-state index in [0.717, 1.165) is 0 Å². The molecule has 0 saturated carbocycles. The summed E-state index contributed by atoms with van der Waals surface area (Å²) in [6.07, 6.45) is -1.12. The Morgan fingerprint density at radius 2 is 1.50 bits per heavy atom. The van der Waals surface area contributed by atoms with Gasteiger partial charge >= 0.3 is 11.9 Å². The molecule has 1 aliphatic rings. The van der Waals surface area contributed by atoms with Gasteiger partial charge in [0.1, 0.15) is 0 Å². The van der Waals surface area contributed by atoms with Crippen molar-refractivity contribution in [3.05, 3.63) is 59.7 Å². The van der Waals surface area contributed by atoms with E-state index in [0.29, 0.717) is 10.6 Å². The number of imide groups is 1. The highest BCUT2D eigenvalue weighted by Crippen LogP contribution is 2.34. The van der Waals surface area contributed by atoms with Crippen LogP contribution in [0.2, 0.25) is 0 Å². The van der Waals surface area contributed by atoms with E-state index in [-0.39, 0.29) is 16.8 Å². The van der Waals surface area contributed by atoms with Gasteiger partial charge < -0.3 is 21.3 Å². The van der Waals surface area contributed by atoms with Crippen LogP contribution in [0.15, 0.2) is 48.5 Å². The zero-order chi connectivity index (χ0) is 20.5. The fourth-order valence-electron chi connectivity index (χ4n) is 3.12. The van der Waals surface area contributed by atoms with Gasteiger partial charge in [-0.2, -0.15) is 0 Å². The van der Waals surface area contributed by atoms with Crippen LogP contribution in [0.5, 0.6) is 0 Å². The summed E-state index contributed by atoms with van der Waals surface area (Å²) in [6, 6.07) is 11.9. The van der Waals surface area contributed by atoms with Gasteiger partial charge in [0.25, 0.3) is 11.8 Å². The van der Waals surface area contributed by atoms with Crippen LogP contribution >= 0.6 is 0 Å². The van der Waals surface area contributed by atoms with Crippen LogP contribution in [0.1, 0.15) is 33.6 Å². The summed E-state index contributed by atoms with van der Waals surface area (Å²) in [4.78, 5) is 49.8. The number of carbonyl (C=O) groups is 4. The van der Waals surface area contributed by atoms with Crippen LogP contribution in [-0.2, 0) is 9.59 Å². The second-order valence-corrected chi connectivity index (χ2v) is 6.30. The van der Waals surface area contributed by atoms with Crippen molar-refractivity contribution in [3.8, 4) is 0 Å². The lowest BCUT2D eigenvalue weighted by molar-refractivity contribution is -0.148. The summed E-state index contributed by atoms with van der Waals surface area (Å²) < 4.78 is 0. The summed E-state index contributed by atoms with van der Waals surface area (Å²) in [5.41, 5.74) is 4.16. The number of nitrogen functional groups attached to an aromatic ring is 1. The minimum Gasteiger partial charge on any atom is -0.481 e. The molecule has 0 aromatic heterocycles. The van der Waals surface area contributed by atoms with Crippen molar-refractivity contribution in [2.45, 2.75) is 18.5 Å². The highest BCUT2D eigenvalue weighted by Gasteiger charge is 2.54. The molecule has 1 atom stereocenters. The molecule has 1 aliphatic heterocycles. The van der Waals surface area contributed by atoms with E-state index in [1.165, 1.54) is 36.4 Å². The van der Waals surface area contributed by atoms with Gasteiger partial charge in [-0.15, -0.1) is 0 Å². The molecule has 0 bridgehead atoms. The maximum absolute atomic E-state index is 12.9. The van der Waals surface area contributed by atoms with E-state index in [4.69, 9.17) is 10.8 Å². The first-order valence-electron chi connectivity index (χ1n) is 8.33. The average molecular weight is 383 g/mol. The molecule has 1 heterocycles. The highest BCUT2D eigenvalue weighted by molar-refractivity contribution is 6.23. The van der Waals surface area contributed by atoms with E-state index in [2.05, 4.69) is 5.32 Å². The molecule has 0 fully saturated rings. The second kappa shape index (κ2) is 7.03. The van der Waals surface area contributed by atoms with Gasteiger partial charge in [-0.3, -0.25) is 14.4 Å². The topological polar surface area (TPSA) is 150 Å². The first-order valence-corrected chi connectivity index (χ1v) is 8.33. The molecule has 2 aromatic carbocycles. The third-order valence-corrected chi connectivity index (χ3v) is 4.49. The van der Waals surface area contributed by atoms with E-state index in [1.54, 1.807) is 12.1 Å². The SMILES string of the molecule is Nc1ccc(NC(CCC(=O)O)(C(=O)O)N2C(=O)c3ccccc3C2=O)cc1. The number of carbonyl (C=O) groups excluding carboxylic acids is 2. The van der Waals surface area contributed by atoms with Crippen molar-refractivity contribution < 1.29 is 29.4 Å². The van der Waals surface area contributed by atoms with Crippen LogP contribution in [0, 0.1) is 0 Å². The van der Waals surface area contributed by atoms with Crippen molar-refractivity contribution in [2.24, 2.45) is 0 Å². The lowest BCUT2D eigenvalue weighted by Crippen LogP contribution is -2.62. The number of aliphatic carboxylic acids is 2. The van der Waals surface area contributed by atoms with Gasteiger partial charge in [-0.05, 0) is 36.4 Å². The summed E-state index contributed by atoms with van der Waals surface area (Å²) in [7, 11) is 0. The van der Waals surface area contributed by atoms with Crippen LogP contribution in [-0.4, -0.2) is 44.5 Å². The van der Waals surface area contributed by atoms with Gasteiger partial charge in [0.05, 0.1) is 11.1 Å². The minimum absolute atomic E-state index is 0.0626. The number of fused-ring (bicyclic) bond motifs is 1. The first-order chi connectivity index (χ1) is 13.3. The summed E-state index contributed by atoms with van der Waals surface area (Å²) >= 11 is 0. The van der Waals surface area contributed by atoms with E-state index < -0.39 is 42.3 Å². The number of amides is 2. The van der Waals surface area contributed by atoms with Gasteiger partial charge in [0, 0.05) is 24.2 Å². The Hall–Kier alpha value is -3.88. The Balaban J connectivity index is 2.11. The van der Waals surface area contributed by atoms with Gasteiger partial charge in [0.15, 0.2) is 0 Å². The van der Waals surface area contributed by atoms with Crippen molar-refractivity contribution in [1.29, 1.82) is 0 Å². The Kier molecular flexibility index (Phi) is 4.74. The van der Waals surface area contributed by atoms with Crippen molar-refractivity contribution in [3.63, 3.8) is 0 Å². The number of hydrogen-bond donors (Lipinski definition) is 4. The lowest BCUT2D eigenvalue weighted by atomic mass is 10.00. The zero-order valence-corrected chi connectivity index (χ0v) is 14.6. The molecular weight excluding hydrogens is 366 g/mol. The summed E-state index contributed by atoms with van der Waals surface area (Å²) in [6.45, 7) is 0. The molecule has 2 amide bonds. The fourth-order valence-corrected chi connectivity index (χ4v) is 3.12. The summed E-state index contributed by atoms with van der Waals surface area (Å²) in [5.74, 6) is -4.44. The number of benzene rings is 2. The number of nitrogens with two attached hydrogens (primary N) is 1.